The zero-order chi connectivity index (χ0) is 15.6. The van der Waals surface area contributed by atoms with Crippen LogP contribution in [0.2, 0.25) is 0 Å². The van der Waals surface area contributed by atoms with E-state index in [-0.39, 0.29) is 12.3 Å². The number of carbonyl (C=O) groups excluding carboxylic acids is 1. The molecule has 0 N–H and O–H groups in total. The van der Waals surface area contributed by atoms with Gasteiger partial charge >= 0.3 is 6.03 Å². The zero-order valence-corrected chi connectivity index (χ0v) is 13.0. The van der Waals surface area contributed by atoms with E-state index < -0.39 is 0 Å². The number of urea groups is 1. The van der Waals surface area contributed by atoms with E-state index in [0.29, 0.717) is 0 Å². The molecular formula is C19H20N2O2. The molecule has 2 fully saturated rings. The molecule has 4 rings (SSSR count). The zero-order valence-electron chi connectivity index (χ0n) is 13.0. The molecule has 23 heavy (non-hydrogen) atoms. The highest BCUT2D eigenvalue weighted by molar-refractivity contribution is 5.75. The molecule has 0 radical (unpaired) electrons. The minimum absolute atomic E-state index is 0.00170. The van der Waals surface area contributed by atoms with Crippen LogP contribution < -0.4 is 0 Å². The Morgan fingerprint density at radius 3 is 2.22 bits per heavy atom. The molecule has 0 spiro atoms. The third-order valence-corrected chi connectivity index (χ3v) is 4.50. The minimum atomic E-state index is -0.228. The van der Waals surface area contributed by atoms with Crippen LogP contribution >= 0.6 is 0 Å². The van der Waals surface area contributed by atoms with E-state index in [4.69, 9.17) is 4.84 Å². The first kappa shape index (κ1) is 14.3. The molecule has 2 amide bonds. The normalized spacial score (nSPS) is 20.4. The Morgan fingerprint density at radius 1 is 0.870 bits per heavy atom. The molecule has 4 heteroatoms. The van der Waals surface area contributed by atoms with Crippen molar-refractivity contribution in [1.82, 2.24) is 9.96 Å². The summed E-state index contributed by atoms with van der Waals surface area (Å²) in [6, 6.07) is 18.5. The van der Waals surface area contributed by atoms with E-state index in [1.54, 1.807) is 0 Å². The number of carbonyl (C=O) groups is 1. The predicted molar refractivity (Wildman–Crippen MR) is 88.4 cm³/mol. The highest BCUT2D eigenvalue weighted by atomic mass is 16.8. The lowest BCUT2D eigenvalue weighted by Crippen LogP contribution is -2.38. The molecule has 2 heterocycles. The van der Waals surface area contributed by atoms with Crippen molar-refractivity contribution >= 4 is 6.03 Å². The first-order valence-corrected chi connectivity index (χ1v) is 8.23. The highest BCUT2D eigenvalue weighted by Crippen LogP contribution is 2.38. The molecule has 0 bridgehead atoms. The quantitative estimate of drug-likeness (QED) is 0.779. The first-order chi connectivity index (χ1) is 11.3. The average Bonchev–Trinajstić information content (AvgIpc) is 3.43. The average molecular weight is 308 g/mol. The van der Waals surface area contributed by atoms with Crippen molar-refractivity contribution < 1.29 is 9.63 Å². The number of likely N-dealkylation sites (tertiary alicyclic amines) is 1. The van der Waals surface area contributed by atoms with Gasteiger partial charge in [-0.15, -0.1) is 0 Å². The summed E-state index contributed by atoms with van der Waals surface area (Å²) in [6.07, 6.45) is 3.18. The second-order valence-electron chi connectivity index (χ2n) is 6.10. The van der Waals surface area contributed by atoms with Crippen LogP contribution in [0.1, 0.15) is 31.1 Å². The summed E-state index contributed by atoms with van der Waals surface area (Å²) in [7, 11) is 0. The lowest BCUT2D eigenvalue weighted by Gasteiger charge is -2.25. The van der Waals surface area contributed by atoms with Gasteiger partial charge in [0.1, 0.15) is 0 Å². The molecule has 0 aliphatic carbocycles. The third kappa shape index (κ3) is 2.94. The topological polar surface area (TPSA) is 35.9 Å². The molecular weight excluding hydrogens is 288 g/mol. The second kappa shape index (κ2) is 6.05. The minimum Gasteiger partial charge on any atom is -0.323 e. The standard InChI is InChI=1S/C19H20N2O2/c22-19(20-13-5-2-6-14-20)21-18(23-21)17-11-9-16(10-12-17)15-7-3-1-4-8-15/h1,3-4,7-12,18H,2,5-6,13-14H2. The summed E-state index contributed by atoms with van der Waals surface area (Å²) >= 11 is 0. The van der Waals surface area contributed by atoms with Crippen molar-refractivity contribution in [3.63, 3.8) is 0 Å². The van der Waals surface area contributed by atoms with Crippen molar-refractivity contribution in [2.24, 2.45) is 0 Å². The van der Waals surface area contributed by atoms with Crippen LogP contribution in [-0.2, 0) is 4.84 Å². The molecule has 1 atom stereocenters. The number of hydrogen-bond donors (Lipinski definition) is 0. The van der Waals surface area contributed by atoms with Crippen LogP contribution in [-0.4, -0.2) is 29.1 Å². The Balaban J connectivity index is 1.43. The highest BCUT2D eigenvalue weighted by Gasteiger charge is 2.44. The fourth-order valence-electron chi connectivity index (χ4n) is 3.12. The summed E-state index contributed by atoms with van der Waals surface area (Å²) < 4.78 is 0. The molecule has 4 nitrogen and oxygen atoms in total. The smallest absolute Gasteiger partial charge is 0.323 e. The van der Waals surface area contributed by atoms with Crippen LogP contribution in [0.15, 0.2) is 54.6 Å². The van der Waals surface area contributed by atoms with Gasteiger partial charge in [-0.2, -0.15) is 5.06 Å². The fraction of sp³-hybridized carbons (Fsp3) is 0.316. The largest absolute Gasteiger partial charge is 0.346 e. The molecule has 2 saturated heterocycles. The van der Waals surface area contributed by atoms with Crippen LogP contribution in [0.4, 0.5) is 4.79 Å². The molecule has 2 aliphatic rings. The van der Waals surface area contributed by atoms with Gasteiger partial charge in [0.15, 0.2) is 0 Å². The van der Waals surface area contributed by atoms with Crippen LogP contribution in [0, 0.1) is 0 Å². The Morgan fingerprint density at radius 2 is 1.52 bits per heavy atom. The molecule has 0 saturated carbocycles. The third-order valence-electron chi connectivity index (χ3n) is 4.50. The summed E-state index contributed by atoms with van der Waals surface area (Å²) in [5, 5.41) is 1.49. The van der Waals surface area contributed by atoms with Gasteiger partial charge in [0.25, 0.3) is 0 Å². The number of amides is 2. The van der Waals surface area contributed by atoms with E-state index in [1.807, 2.05) is 35.2 Å². The van der Waals surface area contributed by atoms with Gasteiger partial charge in [-0.3, -0.25) is 0 Å². The van der Waals surface area contributed by atoms with E-state index in [9.17, 15) is 4.79 Å². The van der Waals surface area contributed by atoms with Crippen molar-refractivity contribution in [1.29, 1.82) is 0 Å². The predicted octanol–water partition coefficient (Wildman–Crippen LogP) is 4.21. The summed E-state index contributed by atoms with van der Waals surface area (Å²) in [6.45, 7) is 1.69. The maximum atomic E-state index is 12.4. The Labute approximate surface area is 136 Å². The number of nitrogens with zero attached hydrogens (tertiary/aromatic N) is 2. The lowest BCUT2D eigenvalue weighted by molar-refractivity contribution is 0.130. The molecule has 2 aromatic carbocycles. The number of rotatable bonds is 2. The van der Waals surface area contributed by atoms with Gasteiger partial charge in [-0.1, -0.05) is 54.6 Å². The van der Waals surface area contributed by atoms with Gasteiger partial charge in [0.05, 0.1) is 0 Å². The Hall–Kier alpha value is -2.33. The molecule has 2 aromatic rings. The van der Waals surface area contributed by atoms with E-state index in [0.717, 1.165) is 31.5 Å². The van der Waals surface area contributed by atoms with Crippen molar-refractivity contribution in [2.45, 2.75) is 25.5 Å². The van der Waals surface area contributed by atoms with Gasteiger partial charge in [-0.25, -0.2) is 9.63 Å². The molecule has 118 valence electrons. The van der Waals surface area contributed by atoms with E-state index in [2.05, 4.69) is 24.3 Å². The first-order valence-electron chi connectivity index (χ1n) is 8.23. The van der Waals surface area contributed by atoms with Crippen LogP contribution in [0.5, 0.6) is 0 Å². The maximum Gasteiger partial charge on any atom is 0.346 e. The molecule has 2 aliphatic heterocycles. The summed E-state index contributed by atoms with van der Waals surface area (Å²) in [4.78, 5) is 19.8. The fourth-order valence-corrected chi connectivity index (χ4v) is 3.12. The number of piperidine rings is 1. The SMILES string of the molecule is O=C(N1CCCCC1)N1OC1c1ccc(-c2ccccc2)cc1. The second-order valence-corrected chi connectivity index (χ2v) is 6.10. The lowest BCUT2D eigenvalue weighted by atomic mass is 10.0. The Bertz CT molecular complexity index is 678. The van der Waals surface area contributed by atoms with Crippen molar-refractivity contribution in [3.8, 4) is 11.1 Å². The van der Waals surface area contributed by atoms with E-state index in [1.165, 1.54) is 22.6 Å². The van der Waals surface area contributed by atoms with Gasteiger partial charge in [-0.05, 0) is 30.4 Å². The number of hydrogen-bond acceptors (Lipinski definition) is 2. The summed E-state index contributed by atoms with van der Waals surface area (Å²) in [5.41, 5.74) is 3.39. The van der Waals surface area contributed by atoms with Crippen LogP contribution in [0.25, 0.3) is 11.1 Å². The molecule has 0 aromatic heterocycles. The van der Waals surface area contributed by atoms with Gasteiger partial charge in [0.2, 0.25) is 6.23 Å². The van der Waals surface area contributed by atoms with Gasteiger partial charge in [0, 0.05) is 18.7 Å². The summed E-state index contributed by atoms with van der Waals surface area (Å²) in [5.74, 6) is 0. The Kier molecular flexibility index (Phi) is 3.75. The van der Waals surface area contributed by atoms with Gasteiger partial charge < -0.3 is 4.90 Å². The number of benzene rings is 2. The molecule has 1 unspecified atom stereocenters. The van der Waals surface area contributed by atoms with Crippen molar-refractivity contribution in [3.05, 3.63) is 60.2 Å². The van der Waals surface area contributed by atoms with Crippen molar-refractivity contribution in [2.75, 3.05) is 13.1 Å². The maximum absolute atomic E-state index is 12.4. The number of hydroxylamine groups is 2. The van der Waals surface area contributed by atoms with E-state index >= 15 is 0 Å². The monoisotopic (exact) mass is 308 g/mol. The van der Waals surface area contributed by atoms with Crippen LogP contribution in [0.3, 0.4) is 0 Å².